The van der Waals surface area contributed by atoms with Crippen LogP contribution in [0.2, 0.25) is 0 Å². The van der Waals surface area contributed by atoms with Gasteiger partial charge in [-0.25, -0.2) is 0 Å². The highest BCUT2D eigenvalue weighted by Gasteiger charge is 2.32. The first-order valence-electron chi connectivity index (χ1n) is 9.68. The van der Waals surface area contributed by atoms with Gasteiger partial charge >= 0.3 is 5.97 Å². The van der Waals surface area contributed by atoms with Crippen LogP contribution in [0.1, 0.15) is 42.5 Å². The Morgan fingerprint density at radius 2 is 1.90 bits per heavy atom. The molecule has 158 valence electrons. The van der Waals surface area contributed by atoms with Gasteiger partial charge in [0.1, 0.15) is 0 Å². The third-order valence-corrected chi connectivity index (χ3v) is 5.36. The van der Waals surface area contributed by atoms with Gasteiger partial charge in [0.2, 0.25) is 0 Å². The van der Waals surface area contributed by atoms with Crippen molar-refractivity contribution in [2.75, 3.05) is 20.8 Å². The molecule has 4 N–H and O–H groups in total. The number of methoxy groups -OCH3 is 2. The van der Waals surface area contributed by atoms with Crippen molar-refractivity contribution in [2.45, 2.75) is 44.7 Å². The van der Waals surface area contributed by atoms with E-state index in [4.69, 9.17) is 19.9 Å². The normalized spacial score (nSPS) is 16.8. The van der Waals surface area contributed by atoms with Gasteiger partial charge in [-0.1, -0.05) is 6.07 Å². The Morgan fingerprint density at radius 1 is 1.21 bits per heavy atom. The van der Waals surface area contributed by atoms with Gasteiger partial charge in [0.15, 0.2) is 23.3 Å². The maximum Gasteiger partial charge on any atom is 0.308 e. The molecular weight excluding hydrogens is 376 g/mol. The summed E-state index contributed by atoms with van der Waals surface area (Å²) in [7, 11) is 3.06. The Morgan fingerprint density at radius 3 is 2.55 bits per heavy atom. The van der Waals surface area contributed by atoms with Crippen molar-refractivity contribution < 1.29 is 29.2 Å². The van der Waals surface area contributed by atoms with Crippen molar-refractivity contribution in [3.63, 3.8) is 0 Å². The topological polar surface area (TPSA) is 116 Å². The fourth-order valence-electron chi connectivity index (χ4n) is 3.92. The molecule has 8 heteroatoms. The van der Waals surface area contributed by atoms with E-state index in [9.17, 15) is 15.0 Å². The molecule has 1 aliphatic carbocycles. The highest BCUT2D eigenvalue weighted by Crippen LogP contribution is 2.44. The van der Waals surface area contributed by atoms with E-state index in [1.165, 1.54) is 18.8 Å². The third kappa shape index (κ3) is 3.98. The fraction of sp³-hybridized carbons (Fsp3) is 0.476. The zero-order valence-electron chi connectivity index (χ0n) is 17.0. The summed E-state index contributed by atoms with van der Waals surface area (Å²) in [6.07, 6.45) is 1.70. The molecule has 1 aliphatic rings. The van der Waals surface area contributed by atoms with Crippen LogP contribution in [0.25, 0.3) is 0 Å². The Balaban J connectivity index is 2.11. The second-order valence-corrected chi connectivity index (χ2v) is 7.12. The maximum atomic E-state index is 12.3. The second kappa shape index (κ2) is 8.65. The van der Waals surface area contributed by atoms with Gasteiger partial charge in [0.05, 0.1) is 33.3 Å². The smallest absolute Gasteiger partial charge is 0.308 e. The Bertz CT molecular complexity index is 892. The first-order chi connectivity index (χ1) is 13.9. The predicted molar refractivity (Wildman–Crippen MR) is 107 cm³/mol. The Hall–Kier alpha value is -2.87. The largest absolute Gasteiger partial charge is 0.494 e. The maximum absolute atomic E-state index is 12.3. The molecule has 1 aromatic carbocycles. The zero-order chi connectivity index (χ0) is 21.1. The summed E-state index contributed by atoms with van der Waals surface area (Å²) in [5.41, 5.74) is 8.03. The molecule has 0 fully saturated rings. The summed E-state index contributed by atoms with van der Waals surface area (Å²) in [6.45, 7) is 1.97. The molecule has 29 heavy (non-hydrogen) atoms. The number of aromatic nitrogens is 1. The van der Waals surface area contributed by atoms with Crippen molar-refractivity contribution in [2.24, 2.45) is 5.73 Å². The van der Waals surface area contributed by atoms with Crippen LogP contribution in [0.4, 0.5) is 0 Å². The van der Waals surface area contributed by atoms with Gasteiger partial charge in [0.25, 0.3) is 0 Å². The van der Waals surface area contributed by atoms with Gasteiger partial charge < -0.3 is 30.2 Å². The van der Waals surface area contributed by atoms with Gasteiger partial charge in [-0.2, -0.15) is 0 Å². The molecular formula is C21H28N2O6. The molecule has 0 amide bonds. The molecule has 1 aromatic heterocycles. The standard InChI is InChI=1S/C21H28N2O6/c1-4-29-19(24)11-16(12-5-8-17(27-2)18(9-12)28-3)23-20(25)14-7-6-13(22)10-15(14)21(23)26/h5,8-9,13,16,25-26H,4,6-7,10-11,22H2,1-3H3. The molecule has 2 unspecified atom stereocenters. The minimum Gasteiger partial charge on any atom is -0.494 e. The van der Waals surface area contributed by atoms with E-state index in [0.717, 1.165) is 6.42 Å². The van der Waals surface area contributed by atoms with E-state index in [1.807, 2.05) is 0 Å². The van der Waals surface area contributed by atoms with Crippen molar-refractivity contribution in [3.05, 3.63) is 34.9 Å². The zero-order valence-corrected chi connectivity index (χ0v) is 17.0. The summed E-state index contributed by atoms with van der Waals surface area (Å²) in [5, 5.41) is 21.8. The molecule has 3 rings (SSSR count). The van der Waals surface area contributed by atoms with Crippen molar-refractivity contribution in [3.8, 4) is 23.3 Å². The van der Waals surface area contributed by atoms with E-state index in [-0.39, 0.29) is 30.8 Å². The van der Waals surface area contributed by atoms with Crippen LogP contribution in [0.3, 0.4) is 0 Å². The molecule has 1 heterocycles. The number of carbonyl (C=O) groups is 1. The Kier molecular flexibility index (Phi) is 6.22. The molecule has 2 atom stereocenters. The average Bonchev–Trinajstić information content (AvgIpc) is 2.95. The van der Waals surface area contributed by atoms with Crippen LogP contribution in [-0.4, -0.2) is 47.6 Å². The number of rotatable bonds is 7. The van der Waals surface area contributed by atoms with Crippen molar-refractivity contribution in [1.29, 1.82) is 0 Å². The minimum absolute atomic E-state index is 0.0477. The summed E-state index contributed by atoms with van der Waals surface area (Å²) in [4.78, 5) is 12.3. The summed E-state index contributed by atoms with van der Waals surface area (Å²) in [6, 6.07) is 4.46. The quantitative estimate of drug-likeness (QED) is 0.606. The van der Waals surface area contributed by atoms with Gasteiger partial charge in [0, 0.05) is 17.2 Å². The van der Waals surface area contributed by atoms with Gasteiger partial charge in [-0.05, 0) is 43.9 Å². The highest BCUT2D eigenvalue weighted by atomic mass is 16.5. The van der Waals surface area contributed by atoms with E-state index in [2.05, 4.69) is 0 Å². The lowest BCUT2D eigenvalue weighted by atomic mass is 9.91. The minimum atomic E-state index is -0.685. The first kappa shape index (κ1) is 20.9. The Labute approximate surface area is 169 Å². The van der Waals surface area contributed by atoms with E-state index < -0.39 is 12.0 Å². The summed E-state index contributed by atoms with van der Waals surface area (Å²) in [5.74, 6) is 0.466. The number of fused-ring (bicyclic) bond motifs is 1. The van der Waals surface area contributed by atoms with E-state index in [0.29, 0.717) is 41.0 Å². The number of esters is 1. The lowest BCUT2D eigenvalue weighted by Crippen LogP contribution is -2.27. The lowest BCUT2D eigenvalue weighted by Gasteiger charge is -2.22. The van der Waals surface area contributed by atoms with Crippen LogP contribution in [0.5, 0.6) is 23.3 Å². The van der Waals surface area contributed by atoms with Gasteiger partial charge in [-0.15, -0.1) is 0 Å². The van der Waals surface area contributed by atoms with Crippen LogP contribution in [0.15, 0.2) is 18.2 Å². The van der Waals surface area contributed by atoms with Crippen LogP contribution in [0, 0.1) is 0 Å². The second-order valence-electron chi connectivity index (χ2n) is 7.12. The molecule has 0 bridgehead atoms. The SMILES string of the molecule is CCOC(=O)CC(c1ccc(OC)c(OC)c1)n1c(O)c2c(c1O)CC(N)CC2. The number of hydrogen-bond donors (Lipinski definition) is 3. The molecule has 0 saturated heterocycles. The molecule has 0 spiro atoms. The molecule has 2 aromatic rings. The fourth-order valence-corrected chi connectivity index (χ4v) is 3.92. The molecule has 0 radical (unpaired) electrons. The summed E-state index contributed by atoms with van der Waals surface area (Å²) >= 11 is 0. The average molecular weight is 404 g/mol. The van der Waals surface area contributed by atoms with Crippen LogP contribution >= 0.6 is 0 Å². The number of benzene rings is 1. The number of ether oxygens (including phenoxy) is 3. The van der Waals surface area contributed by atoms with E-state index in [1.54, 1.807) is 25.1 Å². The number of nitrogens with two attached hydrogens (primary N) is 1. The van der Waals surface area contributed by atoms with Crippen molar-refractivity contribution in [1.82, 2.24) is 4.57 Å². The number of nitrogens with zero attached hydrogens (tertiary/aromatic N) is 1. The van der Waals surface area contributed by atoms with E-state index >= 15 is 0 Å². The molecule has 0 saturated carbocycles. The predicted octanol–water partition coefficient (Wildman–Crippen LogP) is 2.28. The molecule has 0 aliphatic heterocycles. The molecule has 8 nitrogen and oxygen atoms in total. The lowest BCUT2D eigenvalue weighted by molar-refractivity contribution is -0.143. The van der Waals surface area contributed by atoms with Crippen LogP contribution < -0.4 is 15.2 Å². The van der Waals surface area contributed by atoms with Gasteiger partial charge in [-0.3, -0.25) is 9.36 Å². The number of hydrogen-bond acceptors (Lipinski definition) is 7. The number of aromatic hydroxyl groups is 2. The highest BCUT2D eigenvalue weighted by molar-refractivity contribution is 5.71. The van der Waals surface area contributed by atoms with Crippen LogP contribution in [-0.2, 0) is 22.4 Å². The summed E-state index contributed by atoms with van der Waals surface area (Å²) < 4.78 is 17.2. The third-order valence-electron chi connectivity index (χ3n) is 5.36. The van der Waals surface area contributed by atoms with Crippen molar-refractivity contribution >= 4 is 5.97 Å². The monoisotopic (exact) mass is 404 g/mol. The first-order valence-corrected chi connectivity index (χ1v) is 9.68. The number of carbonyl (C=O) groups excluding carboxylic acids is 1.